The van der Waals surface area contributed by atoms with Gasteiger partial charge in [0, 0.05) is 23.9 Å². The molecule has 204 valence electrons. The fourth-order valence-corrected chi connectivity index (χ4v) is 5.36. The van der Waals surface area contributed by atoms with Crippen LogP contribution in [-0.4, -0.2) is 68.7 Å². The van der Waals surface area contributed by atoms with E-state index in [-0.39, 0.29) is 34.3 Å². The molecule has 2 aliphatic carbocycles. The lowest BCUT2D eigenvalue weighted by molar-refractivity contribution is -0.374. The summed E-state index contributed by atoms with van der Waals surface area (Å²) in [6.45, 7) is 0. The number of carbonyl (C=O) groups excluding carboxylic acids is 2. The van der Waals surface area contributed by atoms with Gasteiger partial charge in [0.25, 0.3) is 0 Å². The average molecular weight is 542 g/mol. The molecule has 2 saturated carbocycles. The first-order valence-electron chi connectivity index (χ1n) is 12.1. The molecule has 0 saturated heterocycles. The first-order valence-corrected chi connectivity index (χ1v) is 12.1. The van der Waals surface area contributed by atoms with Gasteiger partial charge in [-0.05, 0) is 31.4 Å². The summed E-state index contributed by atoms with van der Waals surface area (Å²) in [5.74, 6) is -0.0265. The summed E-state index contributed by atoms with van der Waals surface area (Å²) in [5, 5.41) is 40.0. The van der Waals surface area contributed by atoms with Crippen LogP contribution in [0.25, 0.3) is 22.1 Å². The van der Waals surface area contributed by atoms with E-state index in [1.54, 1.807) is 18.3 Å². The topological polar surface area (TPSA) is 215 Å². The van der Waals surface area contributed by atoms with Crippen molar-refractivity contribution in [3.8, 4) is 0 Å². The van der Waals surface area contributed by atoms with E-state index in [9.17, 15) is 29.7 Å². The number of hydrogen-bond acceptors (Lipinski definition) is 10. The second-order valence-corrected chi connectivity index (χ2v) is 9.87. The Balaban J connectivity index is 1.42. The van der Waals surface area contributed by atoms with Gasteiger partial charge in [0.1, 0.15) is 23.3 Å². The third kappa shape index (κ3) is 3.91. The Kier molecular flexibility index (Phi) is 5.46. The minimum absolute atomic E-state index is 0.0500. The van der Waals surface area contributed by atoms with Gasteiger partial charge in [0.2, 0.25) is 12.3 Å². The second kappa shape index (κ2) is 8.55. The lowest BCUT2D eigenvalue weighted by Crippen LogP contribution is -2.42. The zero-order valence-corrected chi connectivity index (χ0v) is 20.2. The van der Waals surface area contributed by atoms with Crippen LogP contribution < -0.4 is 22.1 Å². The molecule has 0 bridgehead atoms. The minimum atomic E-state index is -3.58. The van der Waals surface area contributed by atoms with Gasteiger partial charge in [-0.1, -0.05) is 0 Å². The number of rotatable bonds is 8. The number of nitrogens with zero attached hydrogens (tertiary/aromatic N) is 6. The SMILES string of the molecule is NC(=O)C1(n2ncc3ccc(Nc4cc5c(cn4)n(C(O)(O)O)c(=O)n5C4CC(NC=O)CC4F)nc32)CC1. The highest BCUT2D eigenvalue weighted by atomic mass is 19.1. The van der Waals surface area contributed by atoms with Crippen molar-refractivity contribution in [1.82, 2.24) is 34.2 Å². The van der Waals surface area contributed by atoms with E-state index in [0.29, 0.717) is 36.1 Å². The highest BCUT2D eigenvalue weighted by Gasteiger charge is 2.52. The maximum atomic E-state index is 15.0. The van der Waals surface area contributed by atoms with Crippen molar-refractivity contribution in [3.05, 3.63) is 41.1 Å². The largest absolute Gasteiger partial charge is 0.377 e. The molecule has 7 N–H and O–H groups in total. The van der Waals surface area contributed by atoms with Gasteiger partial charge in [-0.15, -0.1) is 0 Å². The first kappa shape index (κ1) is 24.9. The van der Waals surface area contributed by atoms with E-state index >= 15 is 4.39 Å². The number of alkyl halides is 1. The first-order chi connectivity index (χ1) is 18.5. The molecule has 4 aromatic rings. The Morgan fingerprint density at radius 1 is 1.18 bits per heavy atom. The van der Waals surface area contributed by atoms with E-state index in [2.05, 4.69) is 25.7 Å². The Morgan fingerprint density at radius 3 is 2.62 bits per heavy atom. The Bertz CT molecular complexity index is 1690. The number of anilines is 2. The Morgan fingerprint density at radius 2 is 1.95 bits per heavy atom. The molecular formula is C23H24FN9O6. The van der Waals surface area contributed by atoms with E-state index in [1.165, 1.54) is 10.7 Å². The van der Waals surface area contributed by atoms with Crippen molar-refractivity contribution < 1.29 is 29.3 Å². The smallest absolute Gasteiger partial charge is 0.368 e. The van der Waals surface area contributed by atoms with Gasteiger partial charge in [0.15, 0.2) is 5.65 Å². The van der Waals surface area contributed by atoms with Crippen LogP contribution in [0, 0.1) is 0 Å². The van der Waals surface area contributed by atoms with Gasteiger partial charge in [0.05, 0.1) is 29.5 Å². The highest BCUT2D eigenvalue weighted by molar-refractivity contribution is 5.88. The lowest BCUT2D eigenvalue weighted by atomic mass is 10.2. The molecule has 0 spiro atoms. The van der Waals surface area contributed by atoms with Crippen LogP contribution in [0.3, 0.4) is 0 Å². The van der Waals surface area contributed by atoms with Gasteiger partial charge >= 0.3 is 11.8 Å². The summed E-state index contributed by atoms with van der Waals surface area (Å²) in [6.07, 6.45) is -0.874. The minimum Gasteiger partial charge on any atom is -0.368 e. The summed E-state index contributed by atoms with van der Waals surface area (Å²) in [6, 6.07) is 3.16. The van der Waals surface area contributed by atoms with Gasteiger partial charge in [-0.25, -0.2) is 28.4 Å². The zero-order chi connectivity index (χ0) is 27.7. The monoisotopic (exact) mass is 541 g/mol. The van der Waals surface area contributed by atoms with E-state index in [0.717, 1.165) is 10.8 Å². The normalized spacial score (nSPS) is 22.3. The van der Waals surface area contributed by atoms with Crippen LogP contribution in [0.15, 0.2) is 35.4 Å². The molecular weight excluding hydrogens is 517 g/mol. The van der Waals surface area contributed by atoms with Crippen LogP contribution in [0.5, 0.6) is 0 Å². The summed E-state index contributed by atoms with van der Waals surface area (Å²) >= 11 is 0. The van der Waals surface area contributed by atoms with E-state index in [1.807, 2.05) is 0 Å². The molecule has 4 heterocycles. The molecule has 2 fully saturated rings. The molecule has 2 amide bonds. The fraction of sp³-hybridized carbons (Fsp3) is 0.391. The van der Waals surface area contributed by atoms with Crippen molar-refractivity contribution >= 4 is 46.0 Å². The van der Waals surface area contributed by atoms with Crippen LogP contribution >= 0.6 is 0 Å². The molecule has 15 nitrogen and oxygen atoms in total. The fourth-order valence-electron chi connectivity index (χ4n) is 5.36. The number of hydrogen-bond donors (Lipinski definition) is 6. The maximum absolute atomic E-state index is 15.0. The third-order valence-corrected chi connectivity index (χ3v) is 7.41. The molecule has 39 heavy (non-hydrogen) atoms. The summed E-state index contributed by atoms with van der Waals surface area (Å²) in [4.78, 5) is 44.8. The number of nitrogens with two attached hydrogens (primary N) is 1. The Labute approximate surface area is 217 Å². The van der Waals surface area contributed by atoms with Gasteiger partial charge < -0.3 is 31.7 Å². The van der Waals surface area contributed by atoms with Crippen LogP contribution in [0.4, 0.5) is 16.0 Å². The van der Waals surface area contributed by atoms with Crippen molar-refractivity contribution in [3.63, 3.8) is 0 Å². The molecule has 3 atom stereocenters. The molecule has 0 aliphatic heterocycles. The number of pyridine rings is 2. The number of halogens is 1. The standard InChI is InChI=1S/C23H24FN9O6/c24-13-5-12(27-10-34)6-14(13)31-15-7-18(26-9-16(15)32(21(31)36)23(37,38)39)29-17-2-1-11-8-28-33(19(11)30-17)22(3-4-22)20(25)35/h1-2,7-10,12-14,37-39H,3-6H2,(H2,25,35)(H,27,34)(H,26,29,30). The number of nitrogens with one attached hydrogen (secondary N) is 2. The molecule has 6 rings (SSSR count). The number of amides is 2. The van der Waals surface area contributed by atoms with Gasteiger partial charge in [-0.3, -0.25) is 14.2 Å². The predicted octanol–water partition coefficient (Wildman–Crippen LogP) is -1.01. The van der Waals surface area contributed by atoms with E-state index < -0.39 is 41.5 Å². The summed E-state index contributed by atoms with van der Waals surface area (Å²) in [5.41, 5.74) is 3.89. The quantitative estimate of drug-likeness (QED) is 0.118. The molecule has 0 aromatic carbocycles. The number of aliphatic hydroxyl groups is 3. The van der Waals surface area contributed by atoms with Gasteiger partial charge in [-0.2, -0.15) is 5.10 Å². The molecule has 0 radical (unpaired) electrons. The predicted molar refractivity (Wildman–Crippen MR) is 132 cm³/mol. The zero-order valence-electron chi connectivity index (χ0n) is 20.2. The second-order valence-electron chi connectivity index (χ2n) is 9.87. The number of primary amides is 1. The third-order valence-electron chi connectivity index (χ3n) is 7.41. The molecule has 3 unspecified atom stereocenters. The summed E-state index contributed by atoms with van der Waals surface area (Å²) < 4.78 is 17.8. The Hall–Kier alpha value is -4.41. The number of carbonyl (C=O) groups is 2. The molecule has 2 aliphatic rings. The number of aromatic nitrogens is 6. The number of fused-ring (bicyclic) bond motifs is 2. The van der Waals surface area contributed by atoms with Crippen LogP contribution in [0.1, 0.15) is 31.7 Å². The maximum Gasteiger partial charge on any atom is 0.377 e. The molecule has 16 heteroatoms. The molecule has 4 aromatic heterocycles. The van der Waals surface area contributed by atoms with Crippen LogP contribution in [0.2, 0.25) is 0 Å². The van der Waals surface area contributed by atoms with Crippen LogP contribution in [-0.2, 0) is 21.2 Å². The van der Waals surface area contributed by atoms with Crippen molar-refractivity contribution in [2.45, 2.75) is 55.6 Å². The lowest BCUT2D eigenvalue weighted by Gasteiger charge is -2.16. The van der Waals surface area contributed by atoms with Crippen molar-refractivity contribution in [2.75, 3.05) is 5.32 Å². The van der Waals surface area contributed by atoms with E-state index in [4.69, 9.17) is 5.73 Å². The summed E-state index contributed by atoms with van der Waals surface area (Å²) in [7, 11) is 0. The average Bonchev–Trinajstić information content (AvgIpc) is 3.32. The van der Waals surface area contributed by atoms with Crippen molar-refractivity contribution in [2.24, 2.45) is 5.73 Å². The van der Waals surface area contributed by atoms with Crippen molar-refractivity contribution in [1.29, 1.82) is 0 Å². The number of imidazole rings is 1. The highest BCUT2D eigenvalue weighted by Crippen LogP contribution is 2.44.